The molecular formula is C12H19NO3. The van der Waals surface area contributed by atoms with E-state index in [1.54, 1.807) is 4.90 Å². The maximum absolute atomic E-state index is 11.2. The minimum atomic E-state index is -0.844. The quantitative estimate of drug-likeness (QED) is 0.705. The molecule has 2 aliphatic rings. The summed E-state index contributed by atoms with van der Waals surface area (Å²) in [4.78, 5) is 12.7. The Morgan fingerprint density at radius 1 is 1.56 bits per heavy atom. The zero-order valence-electron chi connectivity index (χ0n) is 9.43. The zero-order chi connectivity index (χ0) is 11.8. The fourth-order valence-electron chi connectivity index (χ4n) is 3.38. The Balaban J connectivity index is 2.14. The van der Waals surface area contributed by atoms with Crippen molar-refractivity contribution in [3.05, 3.63) is 12.7 Å². The first-order valence-corrected chi connectivity index (χ1v) is 5.88. The smallest absolute Gasteiger partial charge is 0.407 e. The van der Waals surface area contributed by atoms with E-state index in [9.17, 15) is 9.90 Å². The SMILES string of the molecule is C=CCC1CC2(CCCN2C(=O)O)CC1O. The summed E-state index contributed by atoms with van der Waals surface area (Å²) in [5.74, 6) is 0.178. The molecule has 2 N–H and O–H groups in total. The van der Waals surface area contributed by atoms with Crippen molar-refractivity contribution < 1.29 is 15.0 Å². The van der Waals surface area contributed by atoms with Crippen LogP contribution >= 0.6 is 0 Å². The maximum atomic E-state index is 11.2. The third-order valence-corrected chi connectivity index (χ3v) is 4.07. The van der Waals surface area contributed by atoms with Crippen molar-refractivity contribution in [1.82, 2.24) is 4.90 Å². The minimum absolute atomic E-state index is 0.178. The molecule has 1 aliphatic heterocycles. The Hall–Kier alpha value is -1.03. The summed E-state index contributed by atoms with van der Waals surface area (Å²) in [7, 11) is 0. The highest BCUT2D eigenvalue weighted by Gasteiger charge is 2.51. The second-order valence-corrected chi connectivity index (χ2v) is 5.02. The highest BCUT2D eigenvalue weighted by atomic mass is 16.4. The maximum Gasteiger partial charge on any atom is 0.407 e. The van der Waals surface area contributed by atoms with Crippen molar-refractivity contribution in [3.63, 3.8) is 0 Å². The van der Waals surface area contributed by atoms with E-state index in [1.165, 1.54) is 0 Å². The molecule has 3 atom stereocenters. The lowest BCUT2D eigenvalue weighted by Gasteiger charge is -2.33. The fraction of sp³-hybridized carbons (Fsp3) is 0.750. The number of aliphatic hydroxyl groups excluding tert-OH is 1. The van der Waals surface area contributed by atoms with Crippen molar-refractivity contribution in [2.24, 2.45) is 5.92 Å². The van der Waals surface area contributed by atoms with E-state index < -0.39 is 6.09 Å². The first-order chi connectivity index (χ1) is 7.59. The number of allylic oxidation sites excluding steroid dienone is 1. The number of aliphatic hydroxyl groups is 1. The summed E-state index contributed by atoms with van der Waals surface area (Å²) in [6.45, 7) is 4.30. The lowest BCUT2D eigenvalue weighted by Crippen LogP contribution is -2.45. The third kappa shape index (κ3) is 1.71. The van der Waals surface area contributed by atoms with Crippen LogP contribution in [-0.2, 0) is 0 Å². The molecule has 1 aliphatic carbocycles. The van der Waals surface area contributed by atoms with Gasteiger partial charge in [0.15, 0.2) is 0 Å². The van der Waals surface area contributed by atoms with E-state index in [0.29, 0.717) is 13.0 Å². The van der Waals surface area contributed by atoms with Crippen molar-refractivity contribution >= 4 is 6.09 Å². The molecule has 3 unspecified atom stereocenters. The van der Waals surface area contributed by atoms with Crippen LogP contribution in [0.5, 0.6) is 0 Å². The van der Waals surface area contributed by atoms with Gasteiger partial charge in [-0.1, -0.05) is 6.08 Å². The van der Waals surface area contributed by atoms with Crippen LogP contribution in [0.3, 0.4) is 0 Å². The van der Waals surface area contributed by atoms with Gasteiger partial charge in [0, 0.05) is 12.1 Å². The number of likely N-dealkylation sites (tertiary alicyclic amines) is 1. The standard InChI is InChI=1S/C12H19NO3/c1-2-4-9-7-12(8-10(9)14)5-3-6-13(12)11(15)16/h2,9-10,14H,1,3-8H2,(H,15,16). The summed E-state index contributed by atoms with van der Waals surface area (Å²) >= 11 is 0. The summed E-state index contributed by atoms with van der Waals surface area (Å²) in [6.07, 6.45) is 4.55. The number of rotatable bonds is 2. The number of amides is 1. The lowest BCUT2D eigenvalue weighted by atomic mass is 9.92. The van der Waals surface area contributed by atoms with Crippen LogP contribution in [0.25, 0.3) is 0 Å². The monoisotopic (exact) mass is 225 g/mol. The molecule has 2 fully saturated rings. The molecule has 0 radical (unpaired) electrons. The van der Waals surface area contributed by atoms with Gasteiger partial charge < -0.3 is 15.1 Å². The van der Waals surface area contributed by atoms with Gasteiger partial charge in [-0.2, -0.15) is 0 Å². The molecule has 16 heavy (non-hydrogen) atoms. The van der Waals surface area contributed by atoms with Crippen molar-refractivity contribution in [2.45, 2.75) is 43.7 Å². The summed E-state index contributed by atoms with van der Waals surface area (Å²) < 4.78 is 0. The summed E-state index contributed by atoms with van der Waals surface area (Å²) in [5, 5.41) is 19.1. The minimum Gasteiger partial charge on any atom is -0.465 e. The van der Waals surface area contributed by atoms with Crippen molar-refractivity contribution in [2.75, 3.05) is 6.54 Å². The van der Waals surface area contributed by atoms with Gasteiger partial charge in [-0.3, -0.25) is 0 Å². The zero-order valence-corrected chi connectivity index (χ0v) is 9.43. The summed E-state index contributed by atoms with van der Waals surface area (Å²) in [5.41, 5.74) is -0.293. The van der Waals surface area contributed by atoms with Gasteiger partial charge in [-0.15, -0.1) is 6.58 Å². The first-order valence-electron chi connectivity index (χ1n) is 5.88. The molecular weight excluding hydrogens is 206 g/mol. The second-order valence-electron chi connectivity index (χ2n) is 5.02. The number of carboxylic acid groups (broad SMARTS) is 1. The Bertz CT molecular complexity index is 305. The lowest BCUT2D eigenvalue weighted by molar-refractivity contribution is 0.0915. The Labute approximate surface area is 95.6 Å². The first kappa shape index (κ1) is 11.5. The number of nitrogens with zero attached hydrogens (tertiary/aromatic N) is 1. The van der Waals surface area contributed by atoms with Crippen molar-refractivity contribution in [1.29, 1.82) is 0 Å². The predicted octanol–water partition coefficient (Wildman–Crippen LogP) is 1.85. The Morgan fingerprint density at radius 3 is 2.94 bits per heavy atom. The van der Waals surface area contributed by atoms with E-state index in [0.717, 1.165) is 25.7 Å². The summed E-state index contributed by atoms with van der Waals surface area (Å²) in [6, 6.07) is 0. The third-order valence-electron chi connectivity index (χ3n) is 4.07. The van der Waals surface area contributed by atoms with Crippen LogP contribution in [0.1, 0.15) is 32.1 Å². The molecule has 90 valence electrons. The normalized spacial score (nSPS) is 38.2. The second kappa shape index (κ2) is 4.09. The van der Waals surface area contributed by atoms with Gasteiger partial charge in [-0.25, -0.2) is 4.79 Å². The molecule has 1 heterocycles. The van der Waals surface area contributed by atoms with E-state index in [4.69, 9.17) is 5.11 Å². The Morgan fingerprint density at radius 2 is 2.31 bits per heavy atom. The van der Waals surface area contributed by atoms with Crippen LogP contribution in [0.4, 0.5) is 4.79 Å². The van der Waals surface area contributed by atoms with Crippen LogP contribution < -0.4 is 0 Å². The van der Waals surface area contributed by atoms with Gasteiger partial charge >= 0.3 is 6.09 Å². The van der Waals surface area contributed by atoms with Gasteiger partial charge in [0.25, 0.3) is 0 Å². The predicted molar refractivity (Wildman–Crippen MR) is 60.2 cm³/mol. The van der Waals surface area contributed by atoms with E-state index in [-0.39, 0.29) is 17.6 Å². The number of hydrogen-bond acceptors (Lipinski definition) is 2. The van der Waals surface area contributed by atoms with Crippen LogP contribution in [0, 0.1) is 5.92 Å². The molecule has 1 saturated heterocycles. The molecule has 1 spiro atoms. The van der Waals surface area contributed by atoms with Crippen LogP contribution in [-0.4, -0.2) is 39.4 Å². The highest BCUT2D eigenvalue weighted by molar-refractivity contribution is 5.66. The molecule has 0 aromatic carbocycles. The van der Waals surface area contributed by atoms with E-state index in [2.05, 4.69) is 6.58 Å². The van der Waals surface area contributed by atoms with Crippen LogP contribution in [0.2, 0.25) is 0 Å². The molecule has 0 aromatic heterocycles. The molecule has 2 rings (SSSR count). The average Bonchev–Trinajstić information content (AvgIpc) is 2.73. The molecule has 1 amide bonds. The molecule has 0 aromatic rings. The van der Waals surface area contributed by atoms with Gasteiger partial charge in [0.2, 0.25) is 0 Å². The van der Waals surface area contributed by atoms with Crippen LogP contribution in [0.15, 0.2) is 12.7 Å². The largest absolute Gasteiger partial charge is 0.465 e. The highest BCUT2D eigenvalue weighted by Crippen LogP contribution is 2.46. The van der Waals surface area contributed by atoms with Gasteiger partial charge in [-0.05, 0) is 38.0 Å². The fourth-order valence-corrected chi connectivity index (χ4v) is 3.38. The topological polar surface area (TPSA) is 60.8 Å². The Kier molecular flexibility index (Phi) is 2.93. The van der Waals surface area contributed by atoms with Gasteiger partial charge in [0.05, 0.1) is 6.10 Å². The van der Waals surface area contributed by atoms with E-state index >= 15 is 0 Å². The van der Waals surface area contributed by atoms with Crippen molar-refractivity contribution in [3.8, 4) is 0 Å². The van der Waals surface area contributed by atoms with Gasteiger partial charge in [0.1, 0.15) is 0 Å². The molecule has 0 bridgehead atoms. The van der Waals surface area contributed by atoms with E-state index in [1.807, 2.05) is 6.08 Å². The molecule has 4 nitrogen and oxygen atoms in total. The molecule has 1 saturated carbocycles. The average molecular weight is 225 g/mol. The number of carbonyl (C=O) groups is 1. The number of hydrogen-bond donors (Lipinski definition) is 2. The molecule has 4 heteroatoms.